The predicted molar refractivity (Wildman–Crippen MR) is 127 cm³/mol. The van der Waals surface area contributed by atoms with Crippen molar-refractivity contribution in [2.24, 2.45) is 4.99 Å². The van der Waals surface area contributed by atoms with Crippen LogP contribution in [0.4, 0.5) is 5.13 Å². The van der Waals surface area contributed by atoms with Crippen molar-refractivity contribution in [2.45, 2.75) is 40.0 Å². The zero-order valence-electron chi connectivity index (χ0n) is 17.3. The van der Waals surface area contributed by atoms with E-state index in [1.807, 2.05) is 0 Å². The lowest BCUT2D eigenvalue weighted by molar-refractivity contribution is 0.334. The van der Waals surface area contributed by atoms with Crippen molar-refractivity contribution in [3.8, 4) is 0 Å². The molecule has 1 aliphatic rings. The third-order valence-electron chi connectivity index (χ3n) is 4.59. The summed E-state index contributed by atoms with van der Waals surface area (Å²) in [4.78, 5) is 16.5. The molecule has 0 unspecified atom stereocenters. The molecule has 2 heterocycles. The van der Waals surface area contributed by atoms with Crippen LogP contribution in [-0.2, 0) is 6.42 Å². The molecule has 2 rings (SSSR count). The van der Waals surface area contributed by atoms with Gasteiger partial charge in [-0.25, -0.2) is 4.98 Å². The number of unbranched alkanes of at least 4 members (excludes halogenated alkanes) is 1. The monoisotopic (exact) mass is 509 g/mol. The van der Waals surface area contributed by atoms with Gasteiger partial charge in [0.25, 0.3) is 0 Å². The SMILES string of the molecule is CCCCN(C)CCN=C(NCC)N1CCN(c2nc(CC)ns2)CC1.I. The minimum absolute atomic E-state index is 0. The highest BCUT2D eigenvalue weighted by Crippen LogP contribution is 2.19. The Balaban J connectivity index is 0.00000364. The van der Waals surface area contributed by atoms with Crippen molar-refractivity contribution in [3.63, 3.8) is 0 Å². The summed E-state index contributed by atoms with van der Waals surface area (Å²) in [6, 6.07) is 0. The maximum Gasteiger partial charge on any atom is 0.205 e. The summed E-state index contributed by atoms with van der Waals surface area (Å²) in [6.45, 7) is 14.3. The summed E-state index contributed by atoms with van der Waals surface area (Å²) in [7, 11) is 2.18. The number of nitrogens with zero attached hydrogens (tertiary/aromatic N) is 6. The molecule has 7 nitrogen and oxygen atoms in total. The zero-order valence-corrected chi connectivity index (χ0v) is 20.4. The highest BCUT2D eigenvalue weighted by Gasteiger charge is 2.21. The molecule has 0 atom stereocenters. The summed E-state index contributed by atoms with van der Waals surface area (Å²) < 4.78 is 4.41. The van der Waals surface area contributed by atoms with Crippen LogP contribution in [0.15, 0.2) is 4.99 Å². The lowest BCUT2D eigenvalue weighted by Gasteiger charge is -2.36. The van der Waals surface area contributed by atoms with Crippen molar-refractivity contribution in [1.29, 1.82) is 0 Å². The molecule has 0 spiro atoms. The lowest BCUT2D eigenvalue weighted by atomic mass is 10.3. The minimum atomic E-state index is 0. The summed E-state index contributed by atoms with van der Waals surface area (Å²) in [5.41, 5.74) is 0. The molecule has 0 saturated carbocycles. The molecule has 1 N–H and O–H groups in total. The number of rotatable bonds is 9. The van der Waals surface area contributed by atoms with Gasteiger partial charge < -0.3 is 20.0 Å². The molecule has 0 bridgehead atoms. The number of nitrogens with one attached hydrogen (secondary N) is 1. The quantitative estimate of drug-likeness (QED) is 0.314. The molecule has 1 aromatic rings. The number of hydrogen-bond donors (Lipinski definition) is 1. The summed E-state index contributed by atoms with van der Waals surface area (Å²) in [5, 5.41) is 4.51. The largest absolute Gasteiger partial charge is 0.357 e. The first kappa shape index (κ1) is 24.4. The standard InChI is InChI=1S/C18H35N7S.HI/c1-5-8-10-23(4)11-9-20-17(19-7-3)24-12-14-25(15-13-24)18-21-16(6-2)22-26-18;/h5-15H2,1-4H3,(H,19,20);1H. The third kappa shape index (κ3) is 8.06. The number of anilines is 1. The Morgan fingerprint density at radius 2 is 1.93 bits per heavy atom. The average Bonchev–Trinajstić information content (AvgIpc) is 3.15. The van der Waals surface area contributed by atoms with E-state index in [1.165, 1.54) is 24.4 Å². The number of hydrogen-bond acceptors (Lipinski definition) is 6. The van der Waals surface area contributed by atoms with E-state index in [0.29, 0.717) is 0 Å². The van der Waals surface area contributed by atoms with Gasteiger partial charge in [0.15, 0.2) is 5.96 Å². The maximum atomic E-state index is 4.85. The highest BCUT2D eigenvalue weighted by molar-refractivity contribution is 14.0. The van der Waals surface area contributed by atoms with Gasteiger partial charge in [-0.2, -0.15) is 4.37 Å². The van der Waals surface area contributed by atoms with Gasteiger partial charge in [0, 0.05) is 57.2 Å². The third-order valence-corrected chi connectivity index (χ3v) is 5.41. The van der Waals surface area contributed by atoms with Crippen molar-refractivity contribution >= 4 is 46.6 Å². The van der Waals surface area contributed by atoms with Gasteiger partial charge in [0.1, 0.15) is 5.82 Å². The molecular formula is C18H36IN7S. The average molecular weight is 510 g/mol. The maximum absolute atomic E-state index is 4.85. The van der Waals surface area contributed by atoms with E-state index in [2.05, 4.69) is 57.2 Å². The van der Waals surface area contributed by atoms with Crippen LogP contribution in [0.5, 0.6) is 0 Å². The molecular weight excluding hydrogens is 473 g/mol. The fourth-order valence-electron chi connectivity index (χ4n) is 2.92. The van der Waals surface area contributed by atoms with Gasteiger partial charge in [-0.05, 0) is 26.9 Å². The van der Waals surface area contributed by atoms with Crippen molar-refractivity contribution < 1.29 is 0 Å². The Kier molecular flexibility index (Phi) is 12.2. The topological polar surface area (TPSA) is 59.9 Å². The van der Waals surface area contributed by atoms with E-state index < -0.39 is 0 Å². The number of guanidine groups is 1. The first-order valence-electron chi connectivity index (χ1n) is 9.97. The molecule has 1 aliphatic heterocycles. The molecule has 0 aliphatic carbocycles. The fourth-order valence-corrected chi connectivity index (χ4v) is 3.72. The number of aliphatic imine (C=N–C) groups is 1. The van der Waals surface area contributed by atoms with Crippen molar-refractivity contribution in [2.75, 3.05) is 64.3 Å². The first-order chi connectivity index (χ1) is 12.7. The zero-order chi connectivity index (χ0) is 18.8. The molecule has 0 aromatic carbocycles. The van der Waals surface area contributed by atoms with Crippen LogP contribution in [0.25, 0.3) is 0 Å². The second kappa shape index (κ2) is 13.5. The van der Waals surface area contributed by atoms with E-state index in [9.17, 15) is 0 Å². The van der Waals surface area contributed by atoms with Crippen molar-refractivity contribution in [1.82, 2.24) is 24.5 Å². The van der Waals surface area contributed by atoms with Crippen molar-refractivity contribution in [3.05, 3.63) is 5.82 Å². The van der Waals surface area contributed by atoms with E-state index >= 15 is 0 Å². The molecule has 1 saturated heterocycles. The summed E-state index contributed by atoms with van der Waals surface area (Å²) >= 11 is 1.52. The number of likely N-dealkylation sites (N-methyl/N-ethyl adjacent to an activating group) is 1. The molecule has 0 amide bonds. The lowest BCUT2D eigenvalue weighted by Crippen LogP contribution is -2.52. The van der Waals surface area contributed by atoms with Gasteiger partial charge in [-0.15, -0.1) is 24.0 Å². The van der Waals surface area contributed by atoms with Gasteiger partial charge in [-0.3, -0.25) is 4.99 Å². The van der Waals surface area contributed by atoms with E-state index in [1.54, 1.807) is 0 Å². The van der Waals surface area contributed by atoms with Crippen LogP contribution in [0.3, 0.4) is 0 Å². The van der Waals surface area contributed by atoms with Gasteiger partial charge in [0.05, 0.1) is 6.54 Å². The highest BCUT2D eigenvalue weighted by atomic mass is 127. The van der Waals surface area contributed by atoms with E-state index in [-0.39, 0.29) is 24.0 Å². The molecule has 27 heavy (non-hydrogen) atoms. The van der Waals surface area contributed by atoms with Crippen LogP contribution in [0, 0.1) is 0 Å². The van der Waals surface area contributed by atoms with Crippen LogP contribution in [0.2, 0.25) is 0 Å². The van der Waals surface area contributed by atoms with Gasteiger partial charge in [-0.1, -0.05) is 20.3 Å². The normalized spacial score (nSPS) is 15.2. The van der Waals surface area contributed by atoms with E-state index in [0.717, 1.165) is 75.7 Å². The van der Waals surface area contributed by atoms with Gasteiger partial charge in [0.2, 0.25) is 5.13 Å². The molecule has 156 valence electrons. The summed E-state index contributed by atoms with van der Waals surface area (Å²) in [6.07, 6.45) is 3.41. The predicted octanol–water partition coefficient (Wildman–Crippen LogP) is 2.54. The second-order valence-corrected chi connectivity index (χ2v) is 7.44. The molecule has 1 aromatic heterocycles. The number of aromatic nitrogens is 2. The fraction of sp³-hybridized carbons (Fsp3) is 0.833. The second-order valence-electron chi connectivity index (χ2n) is 6.71. The first-order valence-corrected chi connectivity index (χ1v) is 10.7. The number of piperazine rings is 1. The summed E-state index contributed by atoms with van der Waals surface area (Å²) in [5.74, 6) is 2.00. The molecule has 0 radical (unpaired) electrons. The van der Waals surface area contributed by atoms with Crippen LogP contribution in [-0.4, -0.2) is 84.5 Å². The minimum Gasteiger partial charge on any atom is -0.357 e. The Hall–Kier alpha value is -0.680. The Morgan fingerprint density at radius 3 is 2.52 bits per heavy atom. The number of aryl methyl sites for hydroxylation is 1. The smallest absolute Gasteiger partial charge is 0.205 e. The van der Waals surface area contributed by atoms with Gasteiger partial charge >= 0.3 is 0 Å². The Bertz CT molecular complexity index is 544. The number of halogens is 1. The Morgan fingerprint density at radius 1 is 1.19 bits per heavy atom. The molecule has 1 fully saturated rings. The Labute approximate surface area is 185 Å². The van der Waals surface area contributed by atoms with E-state index in [4.69, 9.17) is 4.99 Å². The molecule has 9 heteroatoms. The van der Waals surface area contributed by atoms with Crippen LogP contribution in [0.1, 0.15) is 39.4 Å². The van der Waals surface area contributed by atoms with Crippen LogP contribution >= 0.6 is 35.5 Å². The van der Waals surface area contributed by atoms with Crippen LogP contribution < -0.4 is 10.2 Å².